The van der Waals surface area contributed by atoms with Crippen molar-refractivity contribution in [2.24, 2.45) is 0 Å². The predicted octanol–water partition coefficient (Wildman–Crippen LogP) is 1.98. The van der Waals surface area contributed by atoms with Gasteiger partial charge in [-0.25, -0.2) is 4.68 Å². The lowest BCUT2D eigenvalue weighted by molar-refractivity contribution is 0.882. The number of aromatic nitrogens is 2. The van der Waals surface area contributed by atoms with Gasteiger partial charge in [0.05, 0.1) is 34.2 Å². The second-order valence-electron chi connectivity index (χ2n) is 2.99. The summed E-state index contributed by atoms with van der Waals surface area (Å²) in [5, 5.41) is 13.3. The molecule has 0 aliphatic carbocycles. The molecule has 0 aliphatic rings. The van der Waals surface area contributed by atoms with Crippen molar-refractivity contribution in [2.45, 2.75) is 0 Å². The van der Waals surface area contributed by atoms with Crippen molar-refractivity contribution in [1.82, 2.24) is 9.78 Å². The Bertz CT molecular complexity index is 539. The molecule has 0 atom stereocenters. The molecule has 2 rings (SSSR count). The molecule has 15 heavy (non-hydrogen) atoms. The Labute approximate surface area is 91.5 Å². The number of nitrogens with two attached hydrogens (primary N) is 1. The van der Waals surface area contributed by atoms with Crippen molar-refractivity contribution in [1.29, 1.82) is 5.26 Å². The van der Waals surface area contributed by atoms with Crippen molar-refractivity contribution >= 4 is 17.3 Å². The fourth-order valence-electron chi connectivity index (χ4n) is 1.24. The normalized spacial score (nSPS) is 9.87. The van der Waals surface area contributed by atoms with Crippen molar-refractivity contribution in [3.8, 4) is 11.8 Å². The van der Waals surface area contributed by atoms with E-state index < -0.39 is 0 Å². The molecule has 0 amide bonds. The van der Waals surface area contributed by atoms with Crippen molar-refractivity contribution < 1.29 is 0 Å². The lowest BCUT2D eigenvalue weighted by Crippen LogP contribution is -2.00. The monoisotopic (exact) mass is 218 g/mol. The van der Waals surface area contributed by atoms with Crippen molar-refractivity contribution in [2.75, 3.05) is 5.73 Å². The Morgan fingerprint density at radius 3 is 2.87 bits per heavy atom. The molecule has 0 saturated carbocycles. The Morgan fingerprint density at radius 2 is 2.27 bits per heavy atom. The minimum absolute atomic E-state index is 0.525. The molecule has 0 radical (unpaired) electrons. The number of benzene rings is 1. The predicted molar refractivity (Wildman–Crippen MR) is 57.7 cm³/mol. The molecule has 2 aromatic rings. The highest BCUT2D eigenvalue weighted by molar-refractivity contribution is 6.30. The number of halogens is 1. The first kappa shape index (κ1) is 9.56. The number of hydrogen-bond donors (Lipinski definition) is 1. The van der Waals surface area contributed by atoms with E-state index in [0.717, 1.165) is 0 Å². The summed E-state index contributed by atoms with van der Waals surface area (Å²) in [5.74, 6) is 0. The van der Waals surface area contributed by atoms with Gasteiger partial charge in [-0.05, 0) is 18.2 Å². The maximum Gasteiger partial charge on any atom is 0.0992 e. The summed E-state index contributed by atoms with van der Waals surface area (Å²) in [6, 6.07) is 7.03. The van der Waals surface area contributed by atoms with E-state index in [1.54, 1.807) is 29.1 Å². The van der Waals surface area contributed by atoms with Crippen LogP contribution in [0.25, 0.3) is 5.69 Å². The summed E-state index contributed by atoms with van der Waals surface area (Å²) in [6.07, 6.45) is 3.15. The fraction of sp³-hybridized carbons (Fsp3) is 0. The molecule has 74 valence electrons. The van der Waals surface area contributed by atoms with Gasteiger partial charge in [0.1, 0.15) is 0 Å². The van der Waals surface area contributed by atoms with E-state index in [0.29, 0.717) is 22.0 Å². The Balaban J connectivity index is 2.57. The van der Waals surface area contributed by atoms with Crippen LogP contribution in [0.3, 0.4) is 0 Å². The first-order chi connectivity index (χ1) is 7.20. The summed E-state index contributed by atoms with van der Waals surface area (Å²) >= 11 is 5.75. The summed E-state index contributed by atoms with van der Waals surface area (Å²) in [4.78, 5) is 0. The SMILES string of the molecule is N#Cc1ccc(N)c(-n2cc(Cl)cn2)c1. The molecule has 0 spiro atoms. The number of anilines is 1. The zero-order valence-corrected chi connectivity index (χ0v) is 8.44. The summed E-state index contributed by atoms with van der Waals surface area (Å²) in [6.45, 7) is 0. The summed E-state index contributed by atoms with van der Waals surface area (Å²) in [7, 11) is 0. The van der Waals surface area contributed by atoms with Gasteiger partial charge in [0.25, 0.3) is 0 Å². The highest BCUT2D eigenvalue weighted by Gasteiger charge is 2.04. The smallest absolute Gasteiger partial charge is 0.0992 e. The average Bonchev–Trinajstić information content (AvgIpc) is 2.65. The molecule has 0 aliphatic heterocycles. The Hall–Kier alpha value is -1.99. The maximum absolute atomic E-state index is 8.76. The molecule has 0 fully saturated rings. The Morgan fingerprint density at radius 1 is 1.47 bits per heavy atom. The van der Waals surface area contributed by atoms with E-state index in [2.05, 4.69) is 5.10 Å². The fourth-order valence-corrected chi connectivity index (χ4v) is 1.38. The molecule has 1 aromatic carbocycles. The second kappa shape index (κ2) is 3.64. The number of nitrogens with zero attached hydrogens (tertiary/aromatic N) is 3. The third kappa shape index (κ3) is 1.78. The molecular weight excluding hydrogens is 212 g/mol. The van der Waals surface area contributed by atoms with Gasteiger partial charge < -0.3 is 5.73 Å². The van der Waals surface area contributed by atoms with Crippen LogP contribution in [0.2, 0.25) is 5.02 Å². The van der Waals surface area contributed by atoms with Crippen molar-refractivity contribution in [3.63, 3.8) is 0 Å². The van der Waals surface area contributed by atoms with E-state index in [-0.39, 0.29) is 0 Å². The van der Waals surface area contributed by atoms with Gasteiger partial charge in [0.15, 0.2) is 0 Å². The van der Waals surface area contributed by atoms with Gasteiger partial charge in [-0.2, -0.15) is 10.4 Å². The van der Waals surface area contributed by atoms with Crippen LogP contribution in [-0.4, -0.2) is 9.78 Å². The highest BCUT2D eigenvalue weighted by Crippen LogP contribution is 2.19. The molecule has 4 nitrogen and oxygen atoms in total. The third-order valence-electron chi connectivity index (χ3n) is 1.96. The van der Waals surface area contributed by atoms with Crippen LogP contribution < -0.4 is 5.73 Å². The van der Waals surface area contributed by atoms with Gasteiger partial charge >= 0.3 is 0 Å². The molecule has 1 heterocycles. The molecule has 0 bridgehead atoms. The number of hydrogen-bond acceptors (Lipinski definition) is 3. The standard InChI is InChI=1S/C10H7ClN4/c11-8-5-14-15(6-8)10-3-7(4-12)1-2-9(10)13/h1-3,5-6H,13H2. The second-order valence-corrected chi connectivity index (χ2v) is 3.42. The molecular formula is C10H7ClN4. The molecule has 5 heteroatoms. The minimum Gasteiger partial charge on any atom is -0.397 e. The zero-order chi connectivity index (χ0) is 10.8. The first-order valence-electron chi connectivity index (χ1n) is 4.21. The van der Waals surface area contributed by atoms with Gasteiger partial charge in [-0.15, -0.1) is 0 Å². The van der Waals surface area contributed by atoms with Crippen LogP contribution in [0.5, 0.6) is 0 Å². The molecule has 2 N–H and O–H groups in total. The van der Waals surface area contributed by atoms with E-state index in [4.69, 9.17) is 22.6 Å². The van der Waals surface area contributed by atoms with E-state index in [1.807, 2.05) is 6.07 Å². The summed E-state index contributed by atoms with van der Waals surface area (Å²) in [5.41, 5.74) is 7.51. The maximum atomic E-state index is 8.76. The zero-order valence-electron chi connectivity index (χ0n) is 7.68. The van der Waals surface area contributed by atoms with Crippen LogP contribution in [0.1, 0.15) is 5.56 Å². The highest BCUT2D eigenvalue weighted by atomic mass is 35.5. The number of nitrogen functional groups attached to an aromatic ring is 1. The van der Waals surface area contributed by atoms with Gasteiger partial charge in [-0.3, -0.25) is 0 Å². The van der Waals surface area contributed by atoms with E-state index in [9.17, 15) is 0 Å². The quantitative estimate of drug-likeness (QED) is 0.745. The Kier molecular flexibility index (Phi) is 2.32. The van der Waals surface area contributed by atoms with Crippen LogP contribution in [-0.2, 0) is 0 Å². The van der Waals surface area contributed by atoms with Crippen LogP contribution >= 0.6 is 11.6 Å². The number of rotatable bonds is 1. The van der Waals surface area contributed by atoms with Crippen LogP contribution in [0.4, 0.5) is 5.69 Å². The van der Waals surface area contributed by atoms with Gasteiger partial charge in [0, 0.05) is 6.20 Å². The third-order valence-corrected chi connectivity index (χ3v) is 2.15. The lowest BCUT2D eigenvalue weighted by Gasteiger charge is -2.05. The minimum atomic E-state index is 0.525. The number of nitriles is 1. The van der Waals surface area contributed by atoms with Crippen LogP contribution in [0.15, 0.2) is 30.6 Å². The van der Waals surface area contributed by atoms with Gasteiger partial charge in [-0.1, -0.05) is 11.6 Å². The molecule has 1 aromatic heterocycles. The van der Waals surface area contributed by atoms with Crippen molar-refractivity contribution in [3.05, 3.63) is 41.2 Å². The largest absolute Gasteiger partial charge is 0.397 e. The summed E-state index contributed by atoms with van der Waals surface area (Å²) < 4.78 is 1.54. The lowest BCUT2D eigenvalue weighted by atomic mass is 10.2. The van der Waals surface area contributed by atoms with E-state index >= 15 is 0 Å². The van der Waals surface area contributed by atoms with Crippen LogP contribution in [0, 0.1) is 11.3 Å². The van der Waals surface area contributed by atoms with E-state index in [1.165, 1.54) is 6.20 Å². The van der Waals surface area contributed by atoms with Gasteiger partial charge in [0.2, 0.25) is 0 Å². The average molecular weight is 219 g/mol. The molecule has 0 unspecified atom stereocenters. The first-order valence-corrected chi connectivity index (χ1v) is 4.58. The topological polar surface area (TPSA) is 67.6 Å². The molecule has 0 saturated heterocycles.